The van der Waals surface area contributed by atoms with Gasteiger partial charge < -0.3 is 15.4 Å². The number of benzene rings is 1. The molecule has 0 fully saturated rings. The second-order valence-corrected chi connectivity index (χ2v) is 6.39. The van der Waals surface area contributed by atoms with E-state index in [2.05, 4.69) is 5.92 Å². The van der Waals surface area contributed by atoms with Gasteiger partial charge in [-0.25, -0.2) is 0 Å². The lowest BCUT2D eigenvalue weighted by molar-refractivity contribution is -0.131. The van der Waals surface area contributed by atoms with Gasteiger partial charge in [0.2, 0.25) is 11.8 Å². The molecule has 1 aromatic carbocycles. The van der Waals surface area contributed by atoms with Crippen molar-refractivity contribution in [2.75, 3.05) is 6.54 Å². The molecule has 1 aliphatic carbocycles. The van der Waals surface area contributed by atoms with Crippen LogP contribution in [-0.4, -0.2) is 23.1 Å². The van der Waals surface area contributed by atoms with Gasteiger partial charge in [0, 0.05) is 23.3 Å². The van der Waals surface area contributed by atoms with Crippen LogP contribution in [0.25, 0.3) is 0 Å². The number of fused-ring (bicyclic) bond motifs is 3. The second kappa shape index (κ2) is 5.50. The number of nitrogens with two attached hydrogens (primary N) is 1. The quantitative estimate of drug-likeness (QED) is 0.778. The summed E-state index contributed by atoms with van der Waals surface area (Å²) in [6, 6.07) is 8.87. The predicted octanol–water partition coefficient (Wildman–Crippen LogP) is 1.49. The maximum Gasteiger partial charge on any atom is 0.248 e. The van der Waals surface area contributed by atoms with E-state index >= 15 is 0 Å². The van der Waals surface area contributed by atoms with E-state index in [1.807, 2.05) is 6.07 Å². The Labute approximate surface area is 150 Å². The fourth-order valence-corrected chi connectivity index (χ4v) is 4.19. The van der Waals surface area contributed by atoms with E-state index < -0.39 is 11.3 Å². The van der Waals surface area contributed by atoms with Crippen molar-refractivity contribution in [3.8, 4) is 24.2 Å². The highest BCUT2D eigenvalue weighted by Crippen LogP contribution is 2.55. The average Bonchev–Trinajstić information content (AvgIpc) is 2.87. The van der Waals surface area contributed by atoms with E-state index in [0.29, 0.717) is 41.8 Å². The molecule has 0 saturated heterocycles. The highest BCUT2D eigenvalue weighted by Gasteiger charge is 2.62. The van der Waals surface area contributed by atoms with Crippen LogP contribution in [0.3, 0.4) is 0 Å². The smallest absolute Gasteiger partial charge is 0.248 e. The third-order valence-corrected chi connectivity index (χ3v) is 5.15. The third-order valence-electron chi connectivity index (χ3n) is 5.15. The number of hydrogen-bond acceptors (Lipinski definition) is 5. The van der Waals surface area contributed by atoms with Gasteiger partial charge in [0.15, 0.2) is 5.78 Å². The average molecular weight is 345 g/mol. The molecule has 0 radical (unpaired) electrons. The van der Waals surface area contributed by atoms with Gasteiger partial charge in [0.1, 0.15) is 22.8 Å². The lowest BCUT2D eigenvalue weighted by Gasteiger charge is -2.35. The Balaban J connectivity index is 2.13. The van der Waals surface area contributed by atoms with Crippen molar-refractivity contribution in [3.63, 3.8) is 0 Å². The zero-order valence-corrected chi connectivity index (χ0v) is 13.9. The van der Waals surface area contributed by atoms with Crippen LogP contribution in [0.2, 0.25) is 0 Å². The van der Waals surface area contributed by atoms with E-state index in [1.165, 1.54) is 4.90 Å². The highest BCUT2D eigenvalue weighted by molar-refractivity contribution is 6.15. The molecule has 4 rings (SSSR count). The fourth-order valence-electron chi connectivity index (χ4n) is 4.19. The Morgan fingerprint density at radius 3 is 2.81 bits per heavy atom. The van der Waals surface area contributed by atoms with Crippen LogP contribution < -0.4 is 10.5 Å². The number of ketones is 1. The number of Topliss-reactive ketones (excluding diaryl/α,β-unsaturated/α-hetero) is 1. The Morgan fingerprint density at radius 1 is 1.31 bits per heavy atom. The first kappa shape index (κ1) is 16.0. The molecule has 2 aliphatic heterocycles. The molecule has 0 aromatic heterocycles. The van der Waals surface area contributed by atoms with Gasteiger partial charge in [-0.15, -0.1) is 6.42 Å². The van der Waals surface area contributed by atoms with E-state index in [1.54, 1.807) is 24.3 Å². The van der Waals surface area contributed by atoms with Crippen molar-refractivity contribution in [2.45, 2.75) is 24.7 Å². The number of hydrogen-bond donors (Lipinski definition) is 1. The minimum Gasteiger partial charge on any atom is -0.440 e. The second-order valence-electron chi connectivity index (χ2n) is 6.39. The predicted molar refractivity (Wildman–Crippen MR) is 92.0 cm³/mol. The summed E-state index contributed by atoms with van der Waals surface area (Å²) in [6.07, 6.45) is 6.97. The van der Waals surface area contributed by atoms with Crippen LogP contribution in [0.4, 0.5) is 0 Å². The molecule has 3 aliphatic rings. The number of terminal acetylenes is 1. The van der Waals surface area contributed by atoms with Crippen LogP contribution >= 0.6 is 0 Å². The molecule has 6 nitrogen and oxygen atoms in total. The zero-order chi connectivity index (χ0) is 18.5. The highest BCUT2D eigenvalue weighted by atomic mass is 16.5. The molecule has 0 bridgehead atoms. The topological polar surface area (TPSA) is 96.4 Å². The Morgan fingerprint density at radius 2 is 2.08 bits per heavy atom. The molecular formula is C20H15N3O3. The number of amides is 1. The molecule has 1 atom stereocenters. The van der Waals surface area contributed by atoms with Crippen LogP contribution in [0.5, 0.6) is 5.75 Å². The number of carbonyl (C=O) groups is 2. The standard InChI is InChI=1S/C20H15N3O3/c1-2-10-23-14-7-5-8-15(24)17(14)20(19(23)25)12-6-3-4-9-16(12)26-18(22)13(20)11-21/h1,3-4,6,9H,5,7-8,10,22H2. The van der Waals surface area contributed by atoms with Crippen molar-refractivity contribution < 1.29 is 14.3 Å². The van der Waals surface area contributed by atoms with E-state index in [9.17, 15) is 14.9 Å². The molecule has 1 aromatic rings. The third kappa shape index (κ3) is 1.76. The summed E-state index contributed by atoms with van der Waals surface area (Å²) in [7, 11) is 0. The minimum absolute atomic E-state index is 0.0360. The first-order chi connectivity index (χ1) is 12.6. The van der Waals surface area contributed by atoms with Gasteiger partial charge in [0.25, 0.3) is 0 Å². The van der Waals surface area contributed by atoms with Gasteiger partial charge >= 0.3 is 0 Å². The SMILES string of the molecule is C#CCN1C(=O)C2(C(C#N)=C(N)Oc3ccccc32)C2=C1CCCC2=O. The van der Waals surface area contributed by atoms with Gasteiger partial charge in [-0.1, -0.05) is 24.1 Å². The Kier molecular flexibility index (Phi) is 3.38. The molecule has 6 heteroatoms. The Bertz CT molecular complexity index is 1010. The lowest BCUT2D eigenvalue weighted by Crippen LogP contribution is -2.46. The summed E-state index contributed by atoms with van der Waals surface area (Å²) >= 11 is 0. The van der Waals surface area contributed by atoms with Crippen LogP contribution in [0.1, 0.15) is 24.8 Å². The monoisotopic (exact) mass is 345 g/mol. The largest absolute Gasteiger partial charge is 0.440 e. The van der Waals surface area contributed by atoms with Gasteiger partial charge in [-0.3, -0.25) is 9.59 Å². The summed E-state index contributed by atoms with van der Waals surface area (Å²) < 4.78 is 5.57. The number of nitriles is 1. The summed E-state index contributed by atoms with van der Waals surface area (Å²) in [5, 5.41) is 9.81. The van der Waals surface area contributed by atoms with Crippen molar-refractivity contribution in [3.05, 3.63) is 52.6 Å². The normalized spacial score (nSPS) is 24.2. The summed E-state index contributed by atoms with van der Waals surface area (Å²) in [6.45, 7) is 0.0360. The van der Waals surface area contributed by atoms with Crippen molar-refractivity contribution >= 4 is 11.7 Å². The number of allylic oxidation sites excluding steroid dienone is 1. The number of carbonyl (C=O) groups excluding carboxylic acids is 2. The minimum atomic E-state index is -1.57. The van der Waals surface area contributed by atoms with Crippen molar-refractivity contribution in [1.82, 2.24) is 4.90 Å². The summed E-state index contributed by atoms with van der Waals surface area (Å²) in [4.78, 5) is 28.0. The van der Waals surface area contributed by atoms with Gasteiger partial charge in [-0.2, -0.15) is 5.26 Å². The van der Waals surface area contributed by atoms with E-state index in [-0.39, 0.29) is 23.8 Å². The maximum absolute atomic E-state index is 13.6. The first-order valence-electron chi connectivity index (χ1n) is 8.27. The molecule has 2 N–H and O–H groups in total. The molecule has 1 unspecified atom stereocenters. The van der Waals surface area contributed by atoms with Crippen LogP contribution in [0, 0.1) is 23.7 Å². The van der Waals surface area contributed by atoms with Gasteiger partial charge in [0.05, 0.1) is 6.54 Å². The molecule has 1 amide bonds. The van der Waals surface area contributed by atoms with E-state index in [0.717, 1.165) is 0 Å². The summed E-state index contributed by atoms with van der Waals surface area (Å²) in [5.41, 5.74) is 5.75. The molecule has 2 heterocycles. The number of nitrogens with zero attached hydrogens (tertiary/aromatic N) is 2. The molecule has 0 saturated carbocycles. The molecule has 128 valence electrons. The first-order valence-corrected chi connectivity index (χ1v) is 8.27. The van der Waals surface area contributed by atoms with Crippen LogP contribution in [0.15, 0.2) is 47.0 Å². The zero-order valence-electron chi connectivity index (χ0n) is 13.9. The fraction of sp³-hybridized carbons (Fsp3) is 0.250. The van der Waals surface area contributed by atoms with Crippen molar-refractivity contribution in [2.24, 2.45) is 5.73 Å². The molecular weight excluding hydrogens is 330 g/mol. The van der Waals surface area contributed by atoms with Gasteiger partial charge in [-0.05, 0) is 18.9 Å². The maximum atomic E-state index is 13.6. The van der Waals surface area contributed by atoms with Crippen molar-refractivity contribution in [1.29, 1.82) is 5.26 Å². The van der Waals surface area contributed by atoms with E-state index in [4.69, 9.17) is 16.9 Å². The number of rotatable bonds is 1. The molecule has 26 heavy (non-hydrogen) atoms. The Hall–Kier alpha value is -3.51. The number of para-hydroxylation sites is 1. The molecule has 1 spiro atoms. The van der Waals surface area contributed by atoms with Crippen LogP contribution in [-0.2, 0) is 15.0 Å². The lowest BCUT2D eigenvalue weighted by atomic mass is 9.65. The summed E-state index contributed by atoms with van der Waals surface area (Å²) in [5.74, 6) is 2.11. The number of ether oxygens (including phenoxy) is 1.